The first-order valence-corrected chi connectivity index (χ1v) is 7.15. The smallest absolute Gasteiger partial charge is 0.224 e. The van der Waals surface area contributed by atoms with Gasteiger partial charge in [-0.1, -0.05) is 37.3 Å². The number of hydrogen-bond acceptors (Lipinski definition) is 3. The number of amides is 1. The average molecular weight is 286 g/mol. The van der Waals surface area contributed by atoms with E-state index in [1.807, 2.05) is 55.1 Å². The van der Waals surface area contributed by atoms with E-state index < -0.39 is 0 Å². The Kier molecular flexibility index (Phi) is 5.11. The molecule has 0 radical (unpaired) electrons. The van der Waals surface area contributed by atoms with Crippen LogP contribution < -0.4 is 11.1 Å². The van der Waals surface area contributed by atoms with Gasteiger partial charge in [0.05, 0.1) is 18.7 Å². The van der Waals surface area contributed by atoms with Gasteiger partial charge in [-0.05, 0) is 18.1 Å². The number of carbonyl (C=O) groups is 1. The minimum Gasteiger partial charge on any atom is -0.354 e. The van der Waals surface area contributed by atoms with E-state index in [0.29, 0.717) is 13.1 Å². The Morgan fingerprint density at radius 1 is 1.38 bits per heavy atom. The van der Waals surface area contributed by atoms with E-state index in [2.05, 4.69) is 10.4 Å². The van der Waals surface area contributed by atoms with Crippen molar-refractivity contribution in [2.75, 3.05) is 6.54 Å². The molecule has 1 aromatic carbocycles. The fourth-order valence-corrected chi connectivity index (χ4v) is 2.17. The van der Waals surface area contributed by atoms with Gasteiger partial charge in [0.25, 0.3) is 0 Å². The molecule has 112 valence electrons. The van der Waals surface area contributed by atoms with Crippen molar-refractivity contribution >= 4 is 5.91 Å². The van der Waals surface area contributed by atoms with Gasteiger partial charge in [-0.15, -0.1) is 0 Å². The molecule has 0 aliphatic rings. The van der Waals surface area contributed by atoms with Crippen molar-refractivity contribution in [2.24, 2.45) is 11.7 Å². The number of carbonyl (C=O) groups excluding carboxylic acids is 1. The third-order valence-electron chi connectivity index (χ3n) is 3.54. The second kappa shape index (κ2) is 7.04. The molecule has 0 aliphatic heterocycles. The summed E-state index contributed by atoms with van der Waals surface area (Å²) in [5.74, 6) is -0.304. The van der Waals surface area contributed by atoms with Crippen molar-refractivity contribution in [3.8, 4) is 0 Å². The van der Waals surface area contributed by atoms with Gasteiger partial charge in [0.1, 0.15) is 0 Å². The van der Waals surface area contributed by atoms with E-state index in [9.17, 15) is 4.79 Å². The molecule has 5 nitrogen and oxygen atoms in total. The van der Waals surface area contributed by atoms with Crippen LogP contribution in [-0.2, 0) is 11.3 Å². The Bertz CT molecular complexity index is 579. The summed E-state index contributed by atoms with van der Waals surface area (Å²) in [6.07, 6.45) is 3.75. The lowest BCUT2D eigenvalue weighted by molar-refractivity contribution is -0.125. The zero-order valence-electron chi connectivity index (χ0n) is 12.5. The largest absolute Gasteiger partial charge is 0.354 e. The molecule has 0 spiro atoms. The van der Waals surface area contributed by atoms with Crippen LogP contribution in [0.2, 0.25) is 0 Å². The van der Waals surface area contributed by atoms with Crippen molar-refractivity contribution < 1.29 is 4.79 Å². The Morgan fingerprint density at radius 3 is 2.71 bits per heavy atom. The molecule has 1 heterocycles. The predicted molar refractivity (Wildman–Crippen MR) is 82.5 cm³/mol. The second-order valence-corrected chi connectivity index (χ2v) is 5.30. The highest BCUT2D eigenvalue weighted by Gasteiger charge is 2.21. The number of nitrogens with one attached hydrogen (secondary N) is 1. The first kappa shape index (κ1) is 15.3. The lowest BCUT2D eigenvalue weighted by atomic mass is 9.95. The Morgan fingerprint density at radius 2 is 2.10 bits per heavy atom. The zero-order valence-corrected chi connectivity index (χ0v) is 12.5. The van der Waals surface area contributed by atoms with Crippen LogP contribution in [0.3, 0.4) is 0 Å². The van der Waals surface area contributed by atoms with Gasteiger partial charge in [0, 0.05) is 18.8 Å². The van der Waals surface area contributed by atoms with Gasteiger partial charge < -0.3 is 11.1 Å². The summed E-state index contributed by atoms with van der Waals surface area (Å²) in [5, 5.41) is 7.09. The van der Waals surface area contributed by atoms with E-state index >= 15 is 0 Å². The number of nitrogens with two attached hydrogens (primary N) is 1. The van der Waals surface area contributed by atoms with Crippen LogP contribution in [0.4, 0.5) is 0 Å². The van der Waals surface area contributed by atoms with Crippen LogP contribution in [0.1, 0.15) is 24.1 Å². The molecule has 2 atom stereocenters. The molecular weight excluding hydrogens is 264 g/mol. The molecule has 0 fully saturated rings. The molecule has 0 aliphatic carbocycles. The molecule has 2 aromatic rings. The fourth-order valence-electron chi connectivity index (χ4n) is 2.17. The predicted octanol–water partition coefficient (Wildman–Crippen LogP) is 1.64. The number of hydrogen-bond donors (Lipinski definition) is 2. The van der Waals surface area contributed by atoms with E-state index in [1.54, 1.807) is 6.20 Å². The van der Waals surface area contributed by atoms with Gasteiger partial charge in [0.2, 0.25) is 5.91 Å². The summed E-state index contributed by atoms with van der Waals surface area (Å²) in [7, 11) is 0. The van der Waals surface area contributed by atoms with E-state index in [0.717, 1.165) is 11.1 Å². The number of aromatic nitrogens is 2. The Hall–Kier alpha value is -2.14. The van der Waals surface area contributed by atoms with Crippen LogP contribution in [0.5, 0.6) is 0 Å². The molecule has 5 heteroatoms. The third-order valence-corrected chi connectivity index (χ3v) is 3.54. The third kappa shape index (κ3) is 4.16. The van der Waals surface area contributed by atoms with Gasteiger partial charge in [0.15, 0.2) is 0 Å². The maximum atomic E-state index is 12.1. The summed E-state index contributed by atoms with van der Waals surface area (Å²) in [5.41, 5.74) is 8.23. The van der Waals surface area contributed by atoms with E-state index in [4.69, 9.17) is 5.73 Å². The molecule has 0 bridgehead atoms. The minimum absolute atomic E-state index is 0.0322. The number of benzene rings is 1. The standard InChI is InChI=1S/C16H22N4O/c1-12-10-19-20(11-12)9-8-18-16(21)13(2)15(17)14-6-4-3-5-7-14/h3-7,10-11,13,15H,8-9,17H2,1-2H3,(H,18,21). The first-order valence-electron chi connectivity index (χ1n) is 7.15. The quantitative estimate of drug-likeness (QED) is 0.848. The number of nitrogens with zero attached hydrogens (tertiary/aromatic N) is 2. The molecule has 0 saturated carbocycles. The number of rotatable bonds is 6. The maximum Gasteiger partial charge on any atom is 0.224 e. The number of aryl methyl sites for hydroxylation is 1. The van der Waals surface area contributed by atoms with Gasteiger partial charge in [-0.2, -0.15) is 5.10 Å². The Balaban J connectivity index is 1.82. The van der Waals surface area contributed by atoms with Crippen LogP contribution in [0.15, 0.2) is 42.7 Å². The molecule has 21 heavy (non-hydrogen) atoms. The molecular formula is C16H22N4O. The SMILES string of the molecule is Cc1cnn(CCNC(=O)C(C)C(N)c2ccccc2)c1. The molecule has 1 aromatic heterocycles. The van der Waals surface area contributed by atoms with Crippen molar-refractivity contribution in [3.63, 3.8) is 0 Å². The van der Waals surface area contributed by atoms with Crippen LogP contribution in [-0.4, -0.2) is 22.2 Å². The fraction of sp³-hybridized carbons (Fsp3) is 0.375. The summed E-state index contributed by atoms with van der Waals surface area (Å²) < 4.78 is 1.82. The van der Waals surface area contributed by atoms with Crippen LogP contribution in [0.25, 0.3) is 0 Å². The summed E-state index contributed by atoms with van der Waals surface area (Å²) in [4.78, 5) is 12.1. The van der Waals surface area contributed by atoms with Gasteiger partial charge in [-0.25, -0.2) is 0 Å². The van der Waals surface area contributed by atoms with Crippen molar-refractivity contribution in [3.05, 3.63) is 53.9 Å². The van der Waals surface area contributed by atoms with E-state index in [-0.39, 0.29) is 17.9 Å². The van der Waals surface area contributed by atoms with Gasteiger partial charge in [-0.3, -0.25) is 9.48 Å². The minimum atomic E-state index is -0.293. The molecule has 3 N–H and O–H groups in total. The molecule has 2 unspecified atom stereocenters. The highest BCUT2D eigenvalue weighted by molar-refractivity contribution is 5.79. The Labute approximate surface area is 125 Å². The summed E-state index contributed by atoms with van der Waals surface area (Å²) >= 11 is 0. The second-order valence-electron chi connectivity index (χ2n) is 5.30. The summed E-state index contributed by atoms with van der Waals surface area (Å²) in [6.45, 7) is 5.05. The van der Waals surface area contributed by atoms with Crippen molar-refractivity contribution in [1.82, 2.24) is 15.1 Å². The topological polar surface area (TPSA) is 72.9 Å². The van der Waals surface area contributed by atoms with Crippen LogP contribution >= 0.6 is 0 Å². The van der Waals surface area contributed by atoms with E-state index in [1.165, 1.54) is 0 Å². The van der Waals surface area contributed by atoms with Crippen molar-refractivity contribution in [2.45, 2.75) is 26.4 Å². The highest BCUT2D eigenvalue weighted by atomic mass is 16.1. The van der Waals surface area contributed by atoms with Gasteiger partial charge >= 0.3 is 0 Å². The summed E-state index contributed by atoms with van der Waals surface area (Å²) in [6, 6.07) is 9.40. The van der Waals surface area contributed by atoms with Crippen molar-refractivity contribution in [1.29, 1.82) is 0 Å². The lowest BCUT2D eigenvalue weighted by Gasteiger charge is -2.19. The monoisotopic (exact) mass is 286 g/mol. The molecule has 2 rings (SSSR count). The first-order chi connectivity index (χ1) is 10.1. The highest BCUT2D eigenvalue weighted by Crippen LogP contribution is 2.18. The normalized spacial score (nSPS) is 13.7. The zero-order chi connectivity index (χ0) is 15.2. The lowest BCUT2D eigenvalue weighted by Crippen LogP contribution is -2.37. The maximum absolute atomic E-state index is 12.1. The molecule has 0 saturated heterocycles. The average Bonchev–Trinajstić information content (AvgIpc) is 2.92. The molecule has 1 amide bonds. The van der Waals surface area contributed by atoms with Crippen LogP contribution in [0, 0.1) is 12.8 Å².